The maximum absolute atomic E-state index is 11.4. The predicted molar refractivity (Wildman–Crippen MR) is 59.4 cm³/mol. The number of fused-ring (bicyclic) bond motifs is 1. The Bertz CT molecular complexity index is 382. The smallest absolute Gasteiger partial charge is 0.137 e. The summed E-state index contributed by atoms with van der Waals surface area (Å²) in [6, 6.07) is 6.00. The van der Waals surface area contributed by atoms with E-state index in [0.29, 0.717) is 0 Å². The van der Waals surface area contributed by atoms with Gasteiger partial charge in [0.2, 0.25) is 0 Å². The van der Waals surface area contributed by atoms with Crippen LogP contribution in [-0.4, -0.2) is 12.4 Å². The van der Waals surface area contributed by atoms with Crippen molar-refractivity contribution in [2.45, 2.75) is 32.6 Å². The zero-order valence-electron chi connectivity index (χ0n) is 9.25. The molecule has 1 unspecified atom stereocenters. The minimum atomic E-state index is -0.0124. The largest absolute Gasteiger partial charge is 0.493 e. The lowest BCUT2D eigenvalue weighted by atomic mass is 9.89. The van der Waals surface area contributed by atoms with E-state index < -0.39 is 0 Å². The molecule has 80 valence electrons. The molecule has 0 fully saturated rings. The third-order valence-corrected chi connectivity index (χ3v) is 3.07. The topological polar surface area (TPSA) is 26.3 Å². The van der Waals surface area contributed by atoms with Gasteiger partial charge in [-0.15, -0.1) is 0 Å². The molecule has 1 aliphatic heterocycles. The third kappa shape index (κ3) is 1.89. The molecular weight excluding hydrogens is 188 g/mol. The second-order valence-corrected chi connectivity index (χ2v) is 4.11. The van der Waals surface area contributed by atoms with Crippen LogP contribution in [0.4, 0.5) is 0 Å². The highest BCUT2D eigenvalue weighted by atomic mass is 16.5. The fourth-order valence-electron chi connectivity index (χ4n) is 2.04. The van der Waals surface area contributed by atoms with Crippen molar-refractivity contribution < 1.29 is 9.53 Å². The molecule has 1 heterocycles. The normalized spacial score (nSPS) is 16.4. The first-order valence-electron chi connectivity index (χ1n) is 5.45. The van der Waals surface area contributed by atoms with Crippen LogP contribution in [0, 0.1) is 0 Å². The first kappa shape index (κ1) is 10.2. The van der Waals surface area contributed by atoms with Crippen molar-refractivity contribution in [1.29, 1.82) is 0 Å². The molecule has 1 atom stereocenters. The van der Waals surface area contributed by atoms with Crippen LogP contribution in [0.5, 0.6) is 5.75 Å². The maximum atomic E-state index is 11.4. The molecule has 0 spiro atoms. The molecule has 0 saturated carbocycles. The SMILES string of the molecule is CC(=O)C(C)c1cccc2c1CCCO2. The van der Waals surface area contributed by atoms with E-state index in [-0.39, 0.29) is 11.7 Å². The van der Waals surface area contributed by atoms with E-state index in [1.165, 1.54) is 5.56 Å². The van der Waals surface area contributed by atoms with Crippen molar-refractivity contribution in [2.24, 2.45) is 0 Å². The maximum Gasteiger partial charge on any atom is 0.137 e. The highest BCUT2D eigenvalue weighted by molar-refractivity contribution is 5.83. The van der Waals surface area contributed by atoms with E-state index in [0.717, 1.165) is 30.8 Å². The van der Waals surface area contributed by atoms with Gasteiger partial charge in [0.1, 0.15) is 11.5 Å². The number of hydrogen-bond donors (Lipinski definition) is 0. The van der Waals surface area contributed by atoms with Gasteiger partial charge in [-0.25, -0.2) is 0 Å². The molecule has 1 aromatic rings. The van der Waals surface area contributed by atoms with Crippen molar-refractivity contribution in [1.82, 2.24) is 0 Å². The minimum Gasteiger partial charge on any atom is -0.493 e. The standard InChI is InChI=1S/C13H16O2/c1-9(10(2)14)11-5-3-7-13-12(11)6-4-8-15-13/h3,5,7,9H,4,6,8H2,1-2H3. The lowest BCUT2D eigenvalue weighted by Crippen LogP contribution is -2.14. The van der Waals surface area contributed by atoms with E-state index in [2.05, 4.69) is 0 Å². The van der Waals surface area contributed by atoms with Crippen LogP contribution < -0.4 is 4.74 Å². The summed E-state index contributed by atoms with van der Waals surface area (Å²) in [6.45, 7) is 4.41. The molecule has 2 heteroatoms. The molecule has 0 N–H and O–H groups in total. The average Bonchev–Trinajstić information content (AvgIpc) is 2.27. The molecule has 0 aromatic heterocycles. The Morgan fingerprint density at radius 2 is 2.27 bits per heavy atom. The Kier molecular flexibility index (Phi) is 2.76. The van der Waals surface area contributed by atoms with Crippen LogP contribution in [0.15, 0.2) is 18.2 Å². The Balaban J connectivity index is 2.43. The molecule has 0 bridgehead atoms. The minimum absolute atomic E-state index is 0.0124. The second kappa shape index (κ2) is 4.05. The van der Waals surface area contributed by atoms with Crippen molar-refractivity contribution in [3.63, 3.8) is 0 Å². The summed E-state index contributed by atoms with van der Waals surface area (Å²) in [5.74, 6) is 1.17. The highest BCUT2D eigenvalue weighted by Gasteiger charge is 2.19. The number of ether oxygens (including phenoxy) is 1. The monoisotopic (exact) mass is 204 g/mol. The number of rotatable bonds is 2. The van der Waals surface area contributed by atoms with Crippen LogP contribution >= 0.6 is 0 Å². The third-order valence-electron chi connectivity index (χ3n) is 3.07. The Labute approximate surface area is 90.3 Å². The lowest BCUT2D eigenvalue weighted by molar-refractivity contribution is -0.118. The van der Waals surface area contributed by atoms with Gasteiger partial charge < -0.3 is 4.74 Å². The first-order valence-corrected chi connectivity index (χ1v) is 5.45. The van der Waals surface area contributed by atoms with Gasteiger partial charge >= 0.3 is 0 Å². The van der Waals surface area contributed by atoms with Gasteiger partial charge in [0, 0.05) is 5.92 Å². The number of carbonyl (C=O) groups excluding carboxylic acids is 1. The first-order chi connectivity index (χ1) is 7.20. The van der Waals surface area contributed by atoms with E-state index in [1.807, 2.05) is 25.1 Å². The summed E-state index contributed by atoms with van der Waals surface area (Å²) in [5, 5.41) is 0. The van der Waals surface area contributed by atoms with E-state index in [9.17, 15) is 4.79 Å². The van der Waals surface area contributed by atoms with E-state index in [4.69, 9.17) is 4.74 Å². The van der Waals surface area contributed by atoms with Crippen LogP contribution in [0.1, 0.15) is 37.3 Å². The van der Waals surface area contributed by atoms with Gasteiger partial charge in [-0.1, -0.05) is 19.1 Å². The Morgan fingerprint density at radius 1 is 1.47 bits per heavy atom. The molecule has 0 amide bonds. The number of hydrogen-bond acceptors (Lipinski definition) is 2. The number of Topliss-reactive ketones (excluding diaryl/α,β-unsaturated/α-hetero) is 1. The zero-order valence-corrected chi connectivity index (χ0v) is 9.25. The van der Waals surface area contributed by atoms with Crippen LogP contribution in [-0.2, 0) is 11.2 Å². The Morgan fingerprint density at radius 3 is 3.00 bits per heavy atom. The predicted octanol–water partition coefficient (Wildman–Crippen LogP) is 2.70. The second-order valence-electron chi connectivity index (χ2n) is 4.11. The van der Waals surface area contributed by atoms with Crippen molar-refractivity contribution >= 4 is 5.78 Å². The summed E-state index contributed by atoms with van der Waals surface area (Å²) in [7, 11) is 0. The lowest BCUT2D eigenvalue weighted by Gasteiger charge is -2.22. The molecule has 1 aliphatic rings. The molecule has 1 aromatic carbocycles. The fourth-order valence-corrected chi connectivity index (χ4v) is 2.04. The number of benzene rings is 1. The van der Waals surface area contributed by atoms with Gasteiger partial charge in [0.05, 0.1) is 6.61 Å². The van der Waals surface area contributed by atoms with E-state index in [1.54, 1.807) is 6.92 Å². The summed E-state index contributed by atoms with van der Waals surface area (Å²) in [4.78, 5) is 11.4. The quantitative estimate of drug-likeness (QED) is 0.740. The molecule has 0 saturated heterocycles. The van der Waals surface area contributed by atoms with Gasteiger partial charge in [-0.2, -0.15) is 0 Å². The molecular formula is C13H16O2. The van der Waals surface area contributed by atoms with Crippen LogP contribution in [0.2, 0.25) is 0 Å². The van der Waals surface area contributed by atoms with Gasteiger partial charge in [-0.3, -0.25) is 4.79 Å². The van der Waals surface area contributed by atoms with Crippen molar-refractivity contribution in [3.8, 4) is 5.75 Å². The summed E-state index contributed by atoms with van der Waals surface area (Å²) < 4.78 is 5.58. The average molecular weight is 204 g/mol. The van der Waals surface area contributed by atoms with Crippen LogP contribution in [0.25, 0.3) is 0 Å². The van der Waals surface area contributed by atoms with Crippen molar-refractivity contribution in [3.05, 3.63) is 29.3 Å². The van der Waals surface area contributed by atoms with Crippen LogP contribution in [0.3, 0.4) is 0 Å². The number of carbonyl (C=O) groups is 1. The summed E-state index contributed by atoms with van der Waals surface area (Å²) >= 11 is 0. The molecule has 0 aliphatic carbocycles. The van der Waals surface area contributed by atoms with Gasteiger partial charge in [-0.05, 0) is 37.0 Å². The summed E-state index contributed by atoms with van der Waals surface area (Å²) in [5.41, 5.74) is 2.37. The van der Waals surface area contributed by atoms with E-state index >= 15 is 0 Å². The molecule has 0 radical (unpaired) electrons. The Hall–Kier alpha value is -1.31. The highest BCUT2D eigenvalue weighted by Crippen LogP contribution is 2.32. The van der Waals surface area contributed by atoms with Gasteiger partial charge in [0.15, 0.2) is 0 Å². The summed E-state index contributed by atoms with van der Waals surface area (Å²) in [6.07, 6.45) is 2.08. The molecule has 2 rings (SSSR count). The zero-order chi connectivity index (χ0) is 10.8. The molecule has 15 heavy (non-hydrogen) atoms. The van der Waals surface area contributed by atoms with Crippen molar-refractivity contribution in [2.75, 3.05) is 6.61 Å². The fraction of sp³-hybridized carbons (Fsp3) is 0.462. The van der Waals surface area contributed by atoms with Gasteiger partial charge in [0.25, 0.3) is 0 Å². The molecule has 2 nitrogen and oxygen atoms in total. The number of ketones is 1.